The number of carbonyl (C=O) groups excluding carboxylic acids is 1. The molecule has 1 amide bonds. The first-order valence-electron chi connectivity index (χ1n) is 5.75. The molecule has 1 aliphatic rings. The number of rotatable bonds is 4. The summed E-state index contributed by atoms with van der Waals surface area (Å²) in [7, 11) is 0. The van der Waals surface area contributed by atoms with Gasteiger partial charge in [0.25, 0.3) is 0 Å². The predicted molar refractivity (Wildman–Crippen MR) is 57.8 cm³/mol. The van der Waals surface area contributed by atoms with Crippen molar-refractivity contribution in [3.63, 3.8) is 0 Å². The standard InChI is InChI=1S/C11H22N2O/c1-3-8(4-2)13-11(14)9-6-5-7-10(9)12/h8-10H,3-7,12H2,1-2H3,(H,13,14). The highest BCUT2D eigenvalue weighted by Crippen LogP contribution is 2.24. The molecule has 2 unspecified atom stereocenters. The van der Waals surface area contributed by atoms with Gasteiger partial charge >= 0.3 is 0 Å². The first-order chi connectivity index (χ1) is 6.69. The van der Waals surface area contributed by atoms with Gasteiger partial charge in [0.1, 0.15) is 0 Å². The molecule has 1 aliphatic carbocycles. The van der Waals surface area contributed by atoms with Gasteiger partial charge in [-0.15, -0.1) is 0 Å². The van der Waals surface area contributed by atoms with Gasteiger partial charge in [-0.05, 0) is 25.7 Å². The lowest BCUT2D eigenvalue weighted by Crippen LogP contribution is -2.42. The molecule has 2 atom stereocenters. The number of carbonyl (C=O) groups is 1. The van der Waals surface area contributed by atoms with E-state index in [1.54, 1.807) is 0 Å². The van der Waals surface area contributed by atoms with Crippen LogP contribution in [0, 0.1) is 5.92 Å². The molecule has 0 heterocycles. The Bertz CT molecular complexity index is 190. The SMILES string of the molecule is CCC(CC)NC(=O)C1CCCC1N. The minimum absolute atomic E-state index is 0.0654. The van der Waals surface area contributed by atoms with E-state index in [1.165, 1.54) is 0 Å². The van der Waals surface area contributed by atoms with Crippen molar-refractivity contribution in [2.45, 2.75) is 58.0 Å². The first kappa shape index (κ1) is 11.5. The lowest BCUT2D eigenvalue weighted by atomic mass is 10.0. The summed E-state index contributed by atoms with van der Waals surface area (Å²) < 4.78 is 0. The Morgan fingerprint density at radius 1 is 1.43 bits per heavy atom. The average Bonchev–Trinajstić information content (AvgIpc) is 2.60. The van der Waals surface area contributed by atoms with Crippen molar-refractivity contribution in [3.8, 4) is 0 Å². The Morgan fingerprint density at radius 3 is 2.50 bits per heavy atom. The van der Waals surface area contributed by atoms with Crippen LogP contribution in [-0.2, 0) is 4.79 Å². The number of hydrogen-bond donors (Lipinski definition) is 2. The molecule has 0 saturated heterocycles. The molecule has 0 aromatic heterocycles. The third-order valence-electron chi connectivity index (χ3n) is 3.24. The van der Waals surface area contributed by atoms with Crippen LogP contribution in [0.3, 0.4) is 0 Å². The van der Waals surface area contributed by atoms with Crippen molar-refractivity contribution < 1.29 is 4.79 Å². The van der Waals surface area contributed by atoms with Gasteiger partial charge in [0.15, 0.2) is 0 Å². The van der Waals surface area contributed by atoms with Crippen molar-refractivity contribution in [2.75, 3.05) is 0 Å². The third kappa shape index (κ3) is 2.71. The van der Waals surface area contributed by atoms with Crippen LogP contribution < -0.4 is 11.1 Å². The maximum atomic E-state index is 11.8. The van der Waals surface area contributed by atoms with Crippen LogP contribution in [0.5, 0.6) is 0 Å². The Labute approximate surface area is 86.4 Å². The number of nitrogens with two attached hydrogens (primary N) is 1. The zero-order chi connectivity index (χ0) is 10.6. The molecule has 0 radical (unpaired) electrons. The van der Waals surface area contributed by atoms with Crippen molar-refractivity contribution in [3.05, 3.63) is 0 Å². The summed E-state index contributed by atoms with van der Waals surface area (Å²) in [5.41, 5.74) is 5.88. The number of nitrogens with one attached hydrogen (secondary N) is 1. The van der Waals surface area contributed by atoms with E-state index < -0.39 is 0 Å². The lowest BCUT2D eigenvalue weighted by Gasteiger charge is -2.20. The third-order valence-corrected chi connectivity index (χ3v) is 3.24. The Morgan fingerprint density at radius 2 is 2.07 bits per heavy atom. The second kappa shape index (κ2) is 5.35. The Balaban J connectivity index is 2.40. The predicted octanol–water partition coefficient (Wildman–Crippen LogP) is 1.42. The number of amides is 1. The Hall–Kier alpha value is -0.570. The van der Waals surface area contributed by atoms with Crippen molar-refractivity contribution in [1.29, 1.82) is 0 Å². The lowest BCUT2D eigenvalue weighted by molar-refractivity contribution is -0.125. The van der Waals surface area contributed by atoms with Crippen LogP contribution in [-0.4, -0.2) is 18.0 Å². The second-order valence-corrected chi connectivity index (χ2v) is 4.22. The van der Waals surface area contributed by atoms with Gasteiger partial charge in [0, 0.05) is 12.1 Å². The summed E-state index contributed by atoms with van der Waals surface area (Å²) in [4.78, 5) is 11.8. The second-order valence-electron chi connectivity index (χ2n) is 4.22. The molecule has 0 aromatic rings. The largest absolute Gasteiger partial charge is 0.353 e. The smallest absolute Gasteiger partial charge is 0.224 e. The summed E-state index contributed by atoms with van der Waals surface area (Å²) in [6.07, 6.45) is 5.07. The summed E-state index contributed by atoms with van der Waals surface area (Å²) in [6.45, 7) is 4.20. The maximum absolute atomic E-state index is 11.8. The van der Waals surface area contributed by atoms with Gasteiger partial charge in [-0.2, -0.15) is 0 Å². The summed E-state index contributed by atoms with van der Waals surface area (Å²) in [5.74, 6) is 0.235. The van der Waals surface area contributed by atoms with Gasteiger partial charge in [0.2, 0.25) is 5.91 Å². The highest BCUT2D eigenvalue weighted by atomic mass is 16.2. The highest BCUT2D eigenvalue weighted by Gasteiger charge is 2.30. The number of hydrogen-bond acceptors (Lipinski definition) is 2. The fourth-order valence-electron chi connectivity index (χ4n) is 2.12. The summed E-state index contributed by atoms with van der Waals surface area (Å²) >= 11 is 0. The van der Waals surface area contributed by atoms with Crippen LogP contribution >= 0.6 is 0 Å². The zero-order valence-corrected chi connectivity index (χ0v) is 9.25. The summed E-state index contributed by atoms with van der Waals surface area (Å²) in [6, 6.07) is 0.416. The fourth-order valence-corrected chi connectivity index (χ4v) is 2.12. The topological polar surface area (TPSA) is 55.1 Å². The van der Waals surface area contributed by atoms with Crippen LogP contribution in [0.4, 0.5) is 0 Å². The molecule has 3 N–H and O–H groups in total. The van der Waals surface area contributed by atoms with E-state index in [4.69, 9.17) is 5.73 Å². The van der Waals surface area contributed by atoms with E-state index in [1.807, 2.05) is 0 Å². The van der Waals surface area contributed by atoms with E-state index in [2.05, 4.69) is 19.2 Å². The van der Waals surface area contributed by atoms with E-state index >= 15 is 0 Å². The molecule has 0 bridgehead atoms. The Kier molecular flexibility index (Phi) is 4.39. The van der Waals surface area contributed by atoms with E-state index in [0.717, 1.165) is 32.1 Å². The first-order valence-corrected chi connectivity index (χ1v) is 5.75. The van der Waals surface area contributed by atoms with Gasteiger partial charge < -0.3 is 11.1 Å². The van der Waals surface area contributed by atoms with Crippen molar-refractivity contribution in [2.24, 2.45) is 11.7 Å². The van der Waals surface area contributed by atoms with E-state index in [0.29, 0.717) is 6.04 Å². The van der Waals surface area contributed by atoms with E-state index in [9.17, 15) is 4.79 Å². The van der Waals surface area contributed by atoms with Crippen LogP contribution in [0.1, 0.15) is 46.0 Å². The van der Waals surface area contributed by atoms with Gasteiger partial charge in [-0.25, -0.2) is 0 Å². The quantitative estimate of drug-likeness (QED) is 0.717. The van der Waals surface area contributed by atoms with Crippen molar-refractivity contribution >= 4 is 5.91 Å². The minimum Gasteiger partial charge on any atom is -0.353 e. The van der Waals surface area contributed by atoms with E-state index in [-0.39, 0.29) is 17.9 Å². The van der Waals surface area contributed by atoms with Crippen molar-refractivity contribution in [1.82, 2.24) is 5.32 Å². The highest BCUT2D eigenvalue weighted by molar-refractivity contribution is 5.80. The minimum atomic E-state index is 0.0654. The molecular formula is C11H22N2O. The average molecular weight is 198 g/mol. The fraction of sp³-hybridized carbons (Fsp3) is 0.909. The van der Waals surface area contributed by atoms with Gasteiger partial charge in [-0.1, -0.05) is 20.3 Å². The molecule has 0 spiro atoms. The normalized spacial score (nSPS) is 26.9. The molecule has 0 aromatic carbocycles. The molecular weight excluding hydrogens is 176 g/mol. The van der Waals surface area contributed by atoms with Gasteiger partial charge in [0.05, 0.1) is 5.92 Å². The maximum Gasteiger partial charge on any atom is 0.224 e. The zero-order valence-electron chi connectivity index (χ0n) is 9.25. The molecule has 1 rings (SSSR count). The van der Waals surface area contributed by atoms with Crippen LogP contribution in [0.25, 0.3) is 0 Å². The monoisotopic (exact) mass is 198 g/mol. The molecule has 0 aliphatic heterocycles. The van der Waals surface area contributed by atoms with Gasteiger partial charge in [-0.3, -0.25) is 4.79 Å². The van der Waals surface area contributed by atoms with Crippen LogP contribution in [0.15, 0.2) is 0 Å². The molecule has 3 nitrogen and oxygen atoms in total. The summed E-state index contributed by atoms with van der Waals surface area (Å²) in [5, 5.41) is 3.07. The molecule has 82 valence electrons. The van der Waals surface area contributed by atoms with Crippen LogP contribution in [0.2, 0.25) is 0 Å². The molecule has 1 saturated carbocycles. The molecule has 3 heteroatoms. The molecule has 14 heavy (non-hydrogen) atoms. The molecule has 1 fully saturated rings.